The van der Waals surface area contributed by atoms with Crippen LogP contribution >= 0.6 is 22.9 Å². The molecule has 0 saturated heterocycles. The van der Waals surface area contributed by atoms with Crippen LogP contribution in [0.5, 0.6) is 0 Å². The summed E-state index contributed by atoms with van der Waals surface area (Å²) in [5.74, 6) is 0. The SMILES string of the molecule is CC[CH]Cc1sccc1Cl. The zero-order valence-electron chi connectivity index (χ0n) is 5.93. The average molecular weight is 174 g/mol. The molecule has 0 aliphatic rings. The molecule has 1 heterocycles. The van der Waals surface area contributed by atoms with Gasteiger partial charge in [-0.15, -0.1) is 11.3 Å². The van der Waals surface area contributed by atoms with Gasteiger partial charge in [-0.25, -0.2) is 0 Å². The summed E-state index contributed by atoms with van der Waals surface area (Å²) in [5, 5.41) is 2.94. The van der Waals surface area contributed by atoms with Crippen LogP contribution in [0, 0.1) is 6.42 Å². The maximum Gasteiger partial charge on any atom is 0.0545 e. The second-order valence-electron chi connectivity index (χ2n) is 2.09. The molecule has 1 radical (unpaired) electrons. The predicted octanol–water partition coefficient (Wildman–Crippen LogP) is 3.56. The van der Waals surface area contributed by atoms with E-state index in [4.69, 9.17) is 11.6 Å². The molecule has 1 rings (SSSR count). The van der Waals surface area contributed by atoms with Crippen molar-refractivity contribution in [3.63, 3.8) is 0 Å². The van der Waals surface area contributed by atoms with Crippen molar-refractivity contribution in [1.29, 1.82) is 0 Å². The van der Waals surface area contributed by atoms with Crippen LogP contribution in [0.4, 0.5) is 0 Å². The van der Waals surface area contributed by atoms with Gasteiger partial charge in [0, 0.05) is 4.88 Å². The molecular weight excluding hydrogens is 164 g/mol. The van der Waals surface area contributed by atoms with Gasteiger partial charge in [-0.2, -0.15) is 0 Å². The van der Waals surface area contributed by atoms with E-state index < -0.39 is 0 Å². The first-order chi connectivity index (χ1) is 4.84. The highest BCUT2D eigenvalue weighted by molar-refractivity contribution is 7.10. The van der Waals surface area contributed by atoms with Gasteiger partial charge in [0.05, 0.1) is 5.02 Å². The Hall–Kier alpha value is -0.0100. The van der Waals surface area contributed by atoms with Crippen LogP contribution in [0.25, 0.3) is 0 Å². The van der Waals surface area contributed by atoms with Gasteiger partial charge in [-0.05, 0) is 24.3 Å². The highest BCUT2D eigenvalue weighted by Gasteiger charge is 1.99. The number of hydrogen-bond acceptors (Lipinski definition) is 1. The molecule has 0 nitrogen and oxygen atoms in total. The van der Waals surface area contributed by atoms with Gasteiger partial charge in [0.1, 0.15) is 0 Å². The van der Waals surface area contributed by atoms with Crippen molar-refractivity contribution < 1.29 is 0 Å². The molecular formula is C8H10ClS. The van der Waals surface area contributed by atoms with Crippen LogP contribution in [0.1, 0.15) is 18.2 Å². The fraction of sp³-hybridized carbons (Fsp3) is 0.375. The van der Waals surface area contributed by atoms with E-state index in [1.54, 1.807) is 11.3 Å². The van der Waals surface area contributed by atoms with Crippen molar-refractivity contribution in [1.82, 2.24) is 0 Å². The van der Waals surface area contributed by atoms with Crippen LogP contribution in [-0.4, -0.2) is 0 Å². The highest BCUT2D eigenvalue weighted by Crippen LogP contribution is 2.23. The summed E-state index contributed by atoms with van der Waals surface area (Å²) in [6, 6.07) is 1.95. The molecule has 0 N–H and O–H groups in total. The lowest BCUT2D eigenvalue weighted by atomic mass is 10.2. The maximum absolute atomic E-state index is 5.87. The van der Waals surface area contributed by atoms with Crippen LogP contribution in [0.15, 0.2) is 11.4 Å². The quantitative estimate of drug-likeness (QED) is 0.656. The Morgan fingerprint density at radius 1 is 1.70 bits per heavy atom. The summed E-state index contributed by atoms with van der Waals surface area (Å²) in [7, 11) is 0. The predicted molar refractivity (Wildman–Crippen MR) is 47.6 cm³/mol. The standard InChI is InChI=1S/C8H10ClS/c1-2-3-4-8-7(9)5-6-10-8/h3,5-6H,2,4H2,1H3. The highest BCUT2D eigenvalue weighted by atomic mass is 35.5. The Morgan fingerprint density at radius 2 is 2.50 bits per heavy atom. The van der Waals surface area contributed by atoms with Crippen molar-refractivity contribution in [2.45, 2.75) is 19.8 Å². The molecule has 0 atom stereocenters. The van der Waals surface area contributed by atoms with E-state index in [1.807, 2.05) is 11.4 Å². The molecule has 0 aliphatic carbocycles. The summed E-state index contributed by atoms with van der Waals surface area (Å²) in [6.07, 6.45) is 4.37. The lowest BCUT2D eigenvalue weighted by Gasteiger charge is -1.93. The number of halogens is 1. The van der Waals surface area contributed by atoms with Gasteiger partial charge in [0.25, 0.3) is 0 Å². The van der Waals surface area contributed by atoms with Gasteiger partial charge < -0.3 is 0 Å². The Kier molecular flexibility index (Phi) is 3.23. The van der Waals surface area contributed by atoms with Crippen LogP contribution in [0.2, 0.25) is 5.02 Å². The van der Waals surface area contributed by atoms with Crippen molar-refractivity contribution >= 4 is 22.9 Å². The first-order valence-corrected chi connectivity index (χ1v) is 4.64. The summed E-state index contributed by atoms with van der Waals surface area (Å²) in [4.78, 5) is 1.28. The third-order valence-electron chi connectivity index (χ3n) is 1.31. The van der Waals surface area contributed by atoms with Crippen LogP contribution < -0.4 is 0 Å². The Bertz CT molecular complexity index is 193. The van der Waals surface area contributed by atoms with E-state index in [0.717, 1.165) is 17.9 Å². The zero-order chi connectivity index (χ0) is 7.40. The molecule has 2 heteroatoms. The van der Waals surface area contributed by atoms with Gasteiger partial charge in [0.2, 0.25) is 0 Å². The van der Waals surface area contributed by atoms with E-state index in [0.29, 0.717) is 0 Å². The molecule has 0 aromatic carbocycles. The van der Waals surface area contributed by atoms with E-state index >= 15 is 0 Å². The first-order valence-electron chi connectivity index (χ1n) is 3.38. The van der Waals surface area contributed by atoms with Crippen molar-refractivity contribution in [3.05, 3.63) is 27.8 Å². The van der Waals surface area contributed by atoms with Crippen molar-refractivity contribution in [3.8, 4) is 0 Å². The molecule has 0 spiro atoms. The van der Waals surface area contributed by atoms with Crippen LogP contribution in [0.3, 0.4) is 0 Å². The molecule has 0 fully saturated rings. The second-order valence-corrected chi connectivity index (χ2v) is 3.50. The van der Waals surface area contributed by atoms with Gasteiger partial charge >= 0.3 is 0 Å². The van der Waals surface area contributed by atoms with Crippen LogP contribution in [-0.2, 0) is 6.42 Å². The van der Waals surface area contributed by atoms with E-state index in [2.05, 4.69) is 13.3 Å². The largest absolute Gasteiger partial charge is 0.147 e. The minimum absolute atomic E-state index is 0.912. The van der Waals surface area contributed by atoms with E-state index in [1.165, 1.54) is 4.88 Å². The average Bonchev–Trinajstić information content (AvgIpc) is 2.31. The molecule has 0 saturated carbocycles. The molecule has 0 aliphatic heterocycles. The number of unbranched alkanes of at least 4 members (excludes halogenated alkanes) is 1. The molecule has 10 heavy (non-hydrogen) atoms. The first kappa shape index (κ1) is 8.09. The summed E-state index contributed by atoms with van der Waals surface area (Å²) < 4.78 is 0. The molecule has 1 aromatic heterocycles. The second kappa shape index (κ2) is 3.99. The number of hydrogen-bond donors (Lipinski definition) is 0. The molecule has 55 valence electrons. The third kappa shape index (κ3) is 1.99. The van der Waals surface area contributed by atoms with Crippen molar-refractivity contribution in [2.75, 3.05) is 0 Å². The summed E-state index contributed by atoms with van der Waals surface area (Å²) in [5.41, 5.74) is 0. The molecule has 0 bridgehead atoms. The monoisotopic (exact) mass is 173 g/mol. The number of rotatable bonds is 3. The summed E-state index contributed by atoms with van der Waals surface area (Å²) >= 11 is 7.59. The molecule has 1 aromatic rings. The third-order valence-corrected chi connectivity index (χ3v) is 2.72. The van der Waals surface area contributed by atoms with E-state index in [-0.39, 0.29) is 0 Å². The maximum atomic E-state index is 5.87. The smallest absolute Gasteiger partial charge is 0.0545 e. The fourth-order valence-corrected chi connectivity index (χ4v) is 1.86. The fourth-order valence-electron chi connectivity index (χ4n) is 0.746. The Balaban J connectivity index is 2.49. The Morgan fingerprint density at radius 3 is 3.00 bits per heavy atom. The summed E-state index contributed by atoms with van der Waals surface area (Å²) in [6.45, 7) is 2.14. The minimum Gasteiger partial charge on any atom is -0.147 e. The van der Waals surface area contributed by atoms with Gasteiger partial charge in [0.15, 0.2) is 0 Å². The molecule has 0 amide bonds. The molecule has 0 unspecified atom stereocenters. The lowest BCUT2D eigenvalue weighted by molar-refractivity contribution is 1.01. The normalized spacial score (nSPS) is 10.2. The minimum atomic E-state index is 0.912. The zero-order valence-corrected chi connectivity index (χ0v) is 7.50. The van der Waals surface area contributed by atoms with E-state index in [9.17, 15) is 0 Å². The number of thiophene rings is 1. The van der Waals surface area contributed by atoms with Crippen molar-refractivity contribution in [2.24, 2.45) is 0 Å². The lowest BCUT2D eigenvalue weighted by Crippen LogP contribution is -1.79. The topological polar surface area (TPSA) is 0 Å². The Labute approximate surface area is 70.8 Å². The van der Waals surface area contributed by atoms with Gasteiger partial charge in [-0.3, -0.25) is 0 Å². The van der Waals surface area contributed by atoms with Gasteiger partial charge in [-0.1, -0.05) is 24.9 Å².